The number of nitrogens with one attached hydrogen (secondary N) is 1. The quantitative estimate of drug-likeness (QED) is 0.776. The van der Waals surface area contributed by atoms with Gasteiger partial charge in [-0.15, -0.1) is 0 Å². The summed E-state index contributed by atoms with van der Waals surface area (Å²) in [7, 11) is 0. The van der Waals surface area contributed by atoms with Crippen LogP contribution in [0.2, 0.25) is 0 Å². The third-order valence-corrected chi connectivity index (χ3v) is 3.91. The third-order valence-electron chi connectivity index (χ3n) is 3.24. The van der Waals surface area contributed by atoms with Gasteiger partial charge in [0.05, 0.1) is 5.56 Å². The monoisotopic (exact) mass is 395 g/mol. The number of anilines is 1. The van der Waals surface area contributed by atoms with Crippen LogP contribution in [0.4, 0.5) is 5.69 Å². The molecule has 1 amide bonds. The minimum absolute atomic E-state index is 0.202. The Morgan fingerprint density at radius 1 is 1.14 bits per heavy atom. The summed E-state index contributed by atoms with van der Waals surface area (Å²) in [6, 6.07) is 10.4. The largest absolute Gasteiger partial charge is 0.478 e. The zero-order valence-electron chi connectivity index (χ0n) is 11.6. The first-order valence-electron chi connectivity index (χ1n) is 6.30. The van der Waals surface area contributed by atoms with Crippen LogP contribution in [0.5, 0.6) is 0 Å². The van der Waals surface area contributed by atoms with Gasteiger partial charge in [0.2, 0.25) is 0 Å². The summed E-state index contributed by atoms with van der Waals surface area (Å²) in [5.41, 5.74) is 2.76. The van der Waals surface area contributed by atoms with Gasteiger partial charge in [0.15, 0.2) is 0 Å². The maximum absolute atomic E-state index is 12.2. The number of carboxylic acids is 1. The average molecular weight is 395 g/mol. The maximum Gasteiger partial charge on any atom is 0.336 e. The number of amides is 1. The predicted molar refractivity (Wildman–Crippen MR) is 90.0 cm³/mol. The van der Waals surface area contributed by atoms with E-state index in [0.717, 1.165) is 9.13 Å². The Balaban J connectivity index is 2.32. The highest BCUT2D eigenvalue weighted by atomic mass is 127. The Bertz CT molecular complexity index is 725. The minimum Gasteiger partial charge on any atom is -0.478 e. The van der Waals surface area contributed by atoms with E-state index < -0.39 is 5.97 Å². The Labute approximate surface area is 136 Å². The van der Waals surface area contributed by atoms with Crippen molar-refractivity contribution in [3.63, 3.8) is 0 Å². The fourth-order valence-electron chi connectivity index (χ4n) is 1.99. The molecule has 0 aliphatic carbocycles. The van der Waals surface area contributed by atoms with Crippen LogP contribution in [0.15, 0.2) is 36.4 Å². The van der Waals surface area contributed by atoms with Crippen LogP contribution in [-0.4, -0.2) is 17.0 Å². The molecule has 0 aromatic heterocycles. The van der Waals surface area contributed by atoms with E-state index in [1.54, 1.807) is 31.2 Å². The van der Waals surface area contributed by atoms with Crippen molar-refractivity contribution >= 4 is 40.2 Å². The molecule has 0 aliphatic heterocycles. The summed E-state index contributed by atoms with van der Waals surface area (Å²) in [4.78, 5) is 23.4. The van der Waals surface area contributed by atoms with E-state index in [4.69, 9.17) is 0 Å². The van der Waals surface area contributed by atoms with Gasteiger partial charge in [-0.1, -0.05) is 6.07 Å². The molecule has 4 nitrogen and oxygen atoms in total. The van der Waals surface area contributed by atoms with Crippen molar-refractivity contribution in [2.75, 3.05) is 5.32 Å². The SMILES string of the molecule is Cc1cc(NC(=O)c2cccc(I)c2)cc(C(=O)O)c1C. The van der Waals surface area contributed by atoms with Gasteiger partial charge in [-0.3, -0.25) is 4.79 Å². The average Bonchev–Trinajstić information content (AvgIpc) is 2.42. The number of carboxylic acid groups (broad SMARTS) is 1. The first-order valence-corrected chi connectivity index (χ1v) is 7.38. The van der Waals surface area contributed by atoms with Crippen molar-refractivity contribution < 1.29 is 14.7 Å². The summed E-state index contributed by atoms with van der Waals surface area (Å²) < 4.78 is 0.964. The van der Waals surface area contributed by atoms with E-state index in [9.17, 15) is 14.7 Å². The van der Waals surface area contributed by atoms with Gasteiger partial charge in [-0.25, -0.2) is 4.79 Å². The van der Waals surface area contributed by atoms with Crippen LogP contribution in [0, 0.1) is 17.4 Å². The molecule has 2 N–H and O–H groups in total. The van der Waals surface area contributed by atoms with E-state index in [0.29, 0.717) is 16.8 Å². The van der Waals surface area contributed by atoms with E-state index in [1.807, 2.05) is 13.0 Å². The molecule has 2 aromatic rings. The van der Waals surface area contributed by atoms with Gasteiger partial charge < -0.3 is 10.4 Å². The first-order chi connectivity index (χ1) is 9.88. The van der Waals surface area contributed by atoms with Gasteiger partial charge in [-0.05, 0) is 77.9 Å². The fraction of sp³-hybridized carbons (Fsp3) is 0.125. The summed E-state index contributed by atoms with van der Waals surface area (Å²) in [5, 5.41) is 11.9. The van der Waals surface area contributed by atoms with Crippen molar-refractivity contribution in [2.45, 2.75) is 13.8 Å². The molecule has 0 heterocycles. The van der Waals surface area contributed by atoms with Crippen molar-refractivity contribution in [1.29, 1.82) is 0 Å². The molecule has 0 bridgehead atoms. The van der Waals surface area contributed by atoms with Crippen LogP contribution in [-0.2, 0) is 0 Å². The highest BCUT2D eigenvalue weighted by Gasteiger charge is 2.13. The van der Waals surface area contributed by atoms with E-state index in [1.165, 1.54) is 6.07 Å². The lowest BCUT2D eigenvalue weighted by Crippen LogP contribution is -2.13. The van der Waals surface area contributed by atoms with Gasteiger partial charge in [0.1, 0.15) is 0 Å². The zero-order chi connectivity index (χ0) is 15.6. The third kappa shape index (κ3) is 3.60. The highest BCUT2D eigenvalue weighted by molar-refractivity contribution is 14.1. The minimum atomic E-state index is -0.999. The molecule has 0 unspecified atom stereocenters. The number of benzene rings is 2. The molecular formula is C16H14INO3. The lowest BCUT2D eigenvalue weighted by atomic mass is 10.0. The van der Waals surface area contributed by atoms with Crippen molar-refractivity contribution in [3.05, 3.63) is 62.2 Å². The van der Waals surface area contributed by atoms with Crippen LogP contribution in [0.1, 0.15) is 31.8 Å². The molecule has 0 radical (unpaired) electrons. The fourth-order valence-corrected chi connectivity index (χ4v) is 2.53. The van der Waals surface area contributed by atoms with Crippen LogP contribution < -0.4 is 5.32 Å². The molecule has 0 saturated heterocycles. The number of aryl methyl sites for hydroxylation is 1. The molecule has 2 rings (SSSR count). The van der Waals surface area contributed by atoms with Crippen LogP contribution in [0.3, 0.4) is 0 Å². The van der Waals surface area contributed by atoms with E-state index in [-0.39, 0.29) is 11.5 Å². The van der Waals surface area contributed by atoms with Crippen molar-refractivity contribution in [1.82, 2.24) is 0 Å². The highest BCUT2D eigenvalue weighted by Crippen LogP contribution is 2.21. The Morgan fingerprint density at radius 2 is 1.86 bits per heavy atom. The number of aromatic carboxylic acids is 1. The van der Waals surface area contributed by atoms with Crippen molar-refractivity contribution in [2.24, 2.45) is 0 Å². The standard InChI is InChI=1S/C16H14INO3/c1-9-6-13(8-14(10(9)2)16(20)21)18-15(19)11-4-3-5-12(17)7-11/h3-8H,1-2H3,(H,18,19)(H,20,21). The Hall–Kier alpha value is -1.89. The second kappa shape index (κ2) is 6.26. The molecule has 108 valence electrons. The first kappa shape index (κ1) is 15.5. The molecular weight excluding hydrogens is 381 g/mol. The summed E-state index contributed by atoms with van der Waals surface area (Å²) in [5.74, 6) is -1.26. The second-order valence-corrected chi connectivity index (χ2v) is 5.98. The van der Waals surface area contributed by atoms with Gasteiger partial charge in [-0.2, -0.15) is 0 Å². The molecule has 0 spiro atoms. The summed E-state index contributed by atoms with van der Waals surface area (Å²) in [6.45, 7) is 3.58. The lowest BCUT2D eigenvalue weighted by Gasteiger charge is -2.11. The Morgan fingerprint density at radius 3 is 2.48 bits per heavy atom. The van der Waals surface area contributed by atoms with Crippen LogP contribution >= 0.6 is 22.6 Å². The topological polar surface area (TPSA) is 66.4 Å². The van der Waals surface area contributed by atoms with E-state index >= 15 is 0 Å². The lowest BCUT2D eigenvalue weighted by molar-refractivity contribution is 0.0695. The number of hydrogen-bond donors (Lipinski definition) is 2. The molecule has 0 fully saturated rings. The Kier molecular flexibility index (Phi) is 4.62. The molecule has 0 saturated carbocycles. The summed E-state index contributed by atoms with van der Waals surface area (Å²) >= 11 is 2.14. The molecule has 5 heteroatoms. The molecule has 0 aliphatic rings. The molecule has 0 atom stereocenters. The number of carbonyl (C=O) groups is 2. The van der Waals surface area contributed by atoms with Gasteiger partial charge in [0.25, 0.3) is 5.91 Å². The number of rotatable bonds is 3. The maximum atomic E-state index is 12.2. The van der Waals surface area contributed by atoms with Gasteiger partial charge in [0, 0.05) is 14.8 Å². The number of carbonyl (C=O) groups excluding carboxylic acids is 1. The van der Waals surface area contributed by atoms with E-state index in [2.05, 4.69) is 27.9 Å². The van der Waals surface area contributed by atoms with Gasteiger partial charge >= 0.3 is 5.97 Å². The predicted octanol–water partition coefficient (Wildman–Crippen LogP) is 3.86. The second-order valence-electron chi connectivity index (χ2n) is 4.74. The zero-order valence-corrected chi connectivity index (χ0v) is 13.8. The molecule has 21 heavy (non-hydrogen) atoms. The van der Waals surface area contributed by atoms with Crippen LogP contribution in [0.25, 0.3) is 0 Å². The normalized spacial score (nSPS) is 10.2. The smallest absolute Gasteiger partial charge is 0.336 e. The molecule has 2 aromatic carbocycles. The number of hydrogen-bond acceptors (Lipinski definition) is 2. The van der Waals surface area contributed by atoms with Crippen molar-refractivity contribution in [3.8, 4) is 0 Å². The summed E-state index contributed by atoms with van der Waals surface area (Å²) in [6.07, 6.45) is 0. The number of halogens is 1.